The van der Waals surface area contributed by atoms with E-state index < -0.39 is 12.0 Å². The molecule has 0 saturated carbocycles. The molecular formula is C9H16N2O3. The number of nitrogens with one attached hydrogen (secondary N) is 2. The minimum absolute atomic E-state index is 0.235. The summed E-state index contributed by atoms with van der Waals surface area (Å²) in [5.74, 6) is -1.11. The monoisotopic (exact) mass is 200 g/mol. The SMILES string of the molecule is C=CC(=O)NCCC[C@H](NC)C(=O)O. The van der Waals surface area contributed by atoms with Crippen LogP contribution in [0.2, 0.25) is 0 Å². The van der Waals surface area contributed by atoms with Gasteiger partial charge in [-0.1, -0.05) is 6.58 Å². The first-order chi connectivity index (χ1) is 6.61. The maximum absolute atomic E-state index is 10.7. The van der Waals surface area contributed by atoms with Gasteiger partial charge in [-0.25, -0.2) is 0 Å². The molecular weight excluding hydrogens is 184 g/mol. The van der Waals surface area contributed by atoms with E-state index >= 15 is 0 Å². The number of likely N-dealkylation sites (N-methyl/N-ethyl adjacent to an activating group) is 1. The highest BCUT2D eigenvalue weighted by atomic mass is 16.4. The van der Waals surface area contributed by atoms with Crippen molar-refractivity contribution in [2.45, 2.75) is 18.9 Å². The molecule has 0 fully saturated rings. The molecule has 0 unspecified atom stereocenters. The summed E-state index contributed by atoms with van der Waals surface area (Å²) in [6.07, 6.45) is 2.30. The molecule has 0 radical (unpaired) electrons. The van der Waals surface area contributed by atoms with E-state index in [0.717, 1.165) is 0 Å². The Balaban J connectivity index is 3.57. The van der Waals surface area contributed by atoms with E-state index in [9.17, 15) is 9.59 Å². The Kier molecular flexibility index (Phi) is 6.39. The highest BCUT2D eigenvalue weighted by molar-refractivity contribution is 5.86. The van der Waals surface area contributed by atoms with Crippen LogP contribution in [0.25, 0.3) is 0 Å². The lowest BCUT2D eigenvalue weighted by Crippen LogP contribution is -2.34. The van der Waals surface area contributed by atoms with Crippen molar-refractivity contribution in [3.05, 3.63) is 12.7 Å². The number of carbonyl (C=O) groups is 2. The van der Waals surface area contributed by atoms with E-state index in [1.807, 2.05) is 0 Å². The fourth-order valence-corrected chi connectivity index (χ4v) is 0.981. The first-order valence-electron chi connectivity index (χ1n) is 4.42. The molecule has 0 bridgehead atoms. The number of amides is 1. The van der Waals surface area contributed by atoms with Crippen LogP contribution in [0.4, 0.5) is 0 Å². The van der Waals surface area contributed by atoms with Gasteiger partial charge in [0.25, 0.3) is 0 Å². The Bertz CT molecular complexity index is 216. The molecule has 0 aromatic heterocycles. The number of hydrogen-bond acceptors (Lipinski definition) is 3. The molecule has 1 atom stereocenters. The molecule has 5 nitrogen and oxygen atoms in total. The molecule has 3 N–H and O–H groups in total. The molecule has 0 spiro atoms. The number of aliphatic carboxylic acids is 1. The maximum atomic E-state index is 10.7. The third kappa shape index (κ3) is 5.31. The number of rotatable bonds is 7. The van der Waals surface area contributed by atoms with Crippen LogP contribution in [-0.4, -0.2) is 36.6 Å². The zero-order valence-corrected chi connectivity index (χ0v) is 8.25. The summed E-state index contributed by atoms with van der Waals surface area (Å²) in [5.41, 5.74) is 0. The zero-order chi connectivity index (χ0) is 11.0. The van der Waals surface area contributed by atoms with E-state index in [-0.39, 0.29) is 5.91 Å². The van der Waals surface area contributed by atoms with Crippen LogP contribution in [0.15, 0.2) is 12.7 Å². The molecule has 0 rings (SSSR count). The highest BCUT2D eigenvalue weighted by Crippen LogP contribution is 1.95. The summed E-state index contributed by atoms with van der Waals surface area (Å²) in [4.78, 5) is 21.2. The number of carboxylic acid groups (broad SMARTS) is 1. The van der Waals surface area contributed by atoms with Gasteiger partial charge in [0.15, 0.2) is 0 Å². The third-order valence-corrected chi connectivity index (χ3v) is 1.80. The first kappa shape index (κ1) is 12.6. The van der Waals surface area contributed by atoms with E-state index in [4.69, 9.17) is 5.11 Å². The van der Waals surface area contributed by atoms with E-state index in [1.54, 1.807) is 7.05 Å². The lowest BCUT2D eigenvalue weighted by atomic mass is 10.1. The Morgan fingerprint density at radius 2 is 2.21 bits per heavy atom. The standard InChI is InChI=1S/C9H16N2O3/c1-3-8(12)11-6-4-5-7(10-2)9(13)14/h3,7,10H,1,4-6H2,2H3,(H,11,12)(H,13,14)/t7-/m0/s1. The highest BCUT2D eigenvalue weighted by Gasteiger charge is 2.13. The van der Waals surface area contributed by atoms with Crippen LogP contribution in [0.1, 0.15) is 12.8 Å². The lowest BCUT2D eigenvalue weighted by Gasteiger charge is -2.10. The number of carboxylic acids is 1. The van der Waals surface area contributed by atoms with Crippen LogP contribution >= 0.6 is 0 Å². The van der Waals surface area contributed by atoms with Gasteiger partial charge in [-0.05, 0) is 26.0 Å². The van der Waals surface area contributed by atoms with Crippen LogP contribution in [0, 0.1) is 0 Å². The van der Waals surface area contributed by atoms with E-state index in [0.29, 0.717) is 19.4 Å². The minimum atomic E-state index is -0.873. The molecule has 80 valence electrons. The van der Waals surface area contributed by atoms with Crippen LogP contribution in [0.5, 0.6) is 0 Å². The van der Waals surface area contributed by atoms with Gasteiger partial charge in [0.1, 0.15) is 6.04 Å². The van der Waals surface area contributed by atoms with Crippen molar-refractivity contribution >= 4 is 11.9 Å². The summed E-state index contributed by atoms with van der Waals surface area (Å²) in [7, 11) is 1.60. The fourth-order valence-electron chi connectivity index (χ4n) is 0.981. The molecule has 0 aliphatic rings. The van der Waals surface area contributed by atoms with Gasteiger partial charge in [-0.15, -0.1) is 0 Å². The minimum Gasteiger partial charge on any atom is -0.480 e. The van der Waals surface area contributed by atoms with Gasteiger partial charge >= 0.3 is 5.97 Å². The summed E-state index contributed by atoms with van der Waals surface area (Å²) >= 11 is 0. The summed E-state index contributed by atoms with van der Waals surface area (Å²) in [5, 5.41) is 13.9. The summed E-state index contributed by atoms with van der Waals surface area (Å²) < 4.78 is 0. The van der Waals surface area contributed by atoms with Gasteiger partial charge in [-0.3, -0.25) is 9.59 Å². The second kappa shape index (κ2) is 7.08. The molecule has 1 amide bonds. The van der Waals surface area contributed by atoms with Crippen molar-refractivity contribution in [2.75, 3.05) is 13.6 Å². The second-order valence-electron chi connectivity index (χ2n) is 2.82. The van der Waals surface area contributed by atoms with Gasteiger partial charge in [-0.2, -0.15) is 0 Å². The zero-order valence-electron chi connectivity index (χ0n) is 8.25. The third-order valence-electron chi connectivity index (χ3n) is 1.80. The Hall–Kier alpha value is -1.36. The quantitative estimate of drug-likeness (QED) is 0.391. The molecule has 0 heterocycles. The van der Waals surface area contributed by atoms with Crippen LogP contribution < -0.4 is 10.6 Å². The number of hydrogen-bond donors (Lipinski definition) is 3. The fraction of sp³-hybridized carbons (Fsp3) is 0.556. The molecule has 0 aliphatic heterocycles. The van der Waals surface area contributed by atoms with E-state index in [1.165, 1.54) is 6.08 Å². The molecule has 14 heavy (non-hydrogen) atoms. The van der Waals surface area contributed by atoms with Gasteiger partial charge < -0.3 is 15.7 Å². The molecule has 5 heteroatoms. The number of carbonyl (C=O) groups excluding carboxylic acids is 1. The smallest absolute Gasteiger partial charge is 0.320 e. The summed E-state index contributed by atoms with van der Waals surface area (Å²) in [6, 6.07) is -0.546. The predicted molar refractivity (Wildman–Crippen MR) is 52.9 cm³/mol. The van der Waals surface area contributed by atoms with E-state index in [2.05, 4.69) is 17.2 Å². The Labute approximate surface area is 83.2 Å². The van der Waals surface area contributed by atoms with Crippen molar-refractivity contribution in [3.63, 3.8) is 0 Å². The summed E-state index contributed by atoms with van der Waals surface area (Å²) in [6.45, 7) is 3.77. The van der Waals surface area contributed by atoms with Crippen molar-refractivity contribution in [1.29, 1.82) is 0 Å². The molecule has 0 saturated heterocycles. The second-order valence-corrected chi connectivity index (χ2v) is 2.82. The molecule has 0 aromatic rings. The average molecular weight is 200 g/mol. The topological polar surface area (TPSA) is 78.4 Å². The normalized spacial score (nSPS) is 11.8. The molecule has 0 aromatic carbocycles. The average Bonchev–Trinajstić information content (AvgIpc) is 2.16. The van der Waals surface area contributed by atoms with Crippen LogP contribution in [0.3, 0.4) is 0 Å². The van der Waals surface area contributed by atoms with Crippen LogP contribution in [-0.2, 0) is 9.59 Å². The van der Waals surface area contributed by atoms with Crippen molar-refractivity contribution in [2.24, 2.45) is 0 Å². The van der Waals surface area contributed by atoms with Gasteiger partial charge in [0.2, 0.25) is 5.91 Å². The van der Waals surface area contributed by atoms with Crippen molar-refractivity contribution in [1.82, 2.24) is 10.6 Å². The van der Waals surface area contributed by atoms with Crippen molar-refractivity contribution in [3.8, 4) is 0 Å². The predicted octanol–water partition coefficient (Wildman–Crippen LogP) is -0.259. The maximum Gasteiger partial charge on any atom is 0.320 e. The Morgan fingerprint density at radius 1 is 1.57 bits per heavy atom. The van der Waals surface area contributed by atoms with Gasteiger partial charge in [0, 0.05) is 6.54 Å². The molecule has 0 aliphatic carbocycles. The largest absolute Gasteiger partial charge is 0.480 e. The van der Waals surface area contributed by atoms with Crippen molar-refractivity contribution < 1.29 is 14.7 Å². The Morgan fingerprint density at radius 3 is 2.64 bits per heavy atom. The first-order valence-corrected chi connectivity index (χ1v) is 4.42. The van der Waals surface area contributed by atoms with Gasteiger partial charge in [0.05, 0.1) is 0 Å². The lowest BCUT2D eigenvalue weighted by molar-refractivity contribution is -0.139.